The summed E-state index contributed by atoms with van der Waals surface area (Å²) in [5.41, 5.74) is 0. The molecule has 1 amide bonds. The van der Waals surface area contributed by atoms with Crippen molar-refractivity contribution in [3.8, 4) is 0 Å². The summed E-state index contributed by atoms with van der Waals surface area (Å²) in [6, 6.07) is 0. The zero-order valence-corrected chi connectivity index (χ0v) is 10.6. The lowest BCUT2D eigenvalue weighted by atomic mass is 9.99. The molecule has 0 radical (unpaired) electrons. The minimum Gasteiger partial charge on any atom is -0.381 e. The van der Waals surface area contributed by atoms with Crippen molar-refractivity contribution < 1.29 is 9.53 Å². The third-order valence-corrected chi connectivity index (χ3v) is 3.70. The molecule has 4 heteroatoms. The van der Waals surface area contributed by atoms with E-state index in [4.69, 9.17) is 4.74 Å². The van der Waals surface area contributed by atoms with Gasteiger partial charge in [-0.25, -0.2) is 0 Å². The van der Waals surface area contributed by atoms with E-state index >= 15 is 0 Å². The van der Waals surface area contributed by atoms with Crippen molar-refractivity contribution in [2.75, 3.05) is 39.4 Å². The lowest BCUT2D eigenvalue weighted by Gasteiger charge is -2.22. The molecular weight excluding hydrogens is 216 g/mol. The van der Waals surface area contributed by atoms with Crippen molar-refractivity contribution >= 4 is 5.91 Å². The van der Waals surface area contributed by atoms with Crippen LogP contribution in [0.2, 0.25) is 0 Å². The van der Waals surface area contributed by atoms with Crippen LogP contribution >= 0.6 is 0 Å². The number of carbonyl (C=O) groups is 1. The second-order valence-corrected chi connectivity index (χ2v) is 5.21. The van der Waals surface area contributed by atoms with Gasteiger partial charge in [-0.2, -0.15) is 0 Å². The fourth-order valence-corrected chi connectivity index (χ4v) is 2.65. The summed E-state index contributed by atoms with van der Waals surface area (Å²) in [5, 5.41) is 3.02. The normalized spacial score (nSPS) is 26.0. The zero-order valence-electron chi connectivity index (χ0n) is 10.6. The fourth-order valence-electron chi connectivity index (χ4n) is 2.65. The Hall–Kier alpha value is -0.610. The Morgan fingerprint density at radius 2 is 2.12 bits per heavy atom. The Balaban J connectivity index is 1.53. The molecular formula is C13H24N2O2. The molecule has 0 aromatic carbocycles. The van der Waals surface area contributed by atoms with Crippen molar-refractivity contribution in [3.05, 3.63) is 0 Å². The van der Waals surface area contributed by atoms with E-state index in [0.29, 0.717) is 12.5 Å². The Morgan fingerprint density at radius 1 is 1.29 bits per heavy atom. The zero-order chi connectivity index (χ0) is 11.9. The van der Waals surface area contributed by atoms with Crippen molar-refractivity contribution in [2.24, 2.45) is 5.92 Å². The molecule has 2 aliphatic rings. The quantitative estimate of drug-likeness (QED) is 0.780. The van der Waals surface area contributed by atoms with Crippen LogP contribution in [-0.4, -0.2) is 50.2 Å². The molecule has 0 saturated carbocycles. The highest BCUT2D eigenvalue weighted by Gasteiger charge is 2.16. The van der Waals surface area contributed by atoms with Gasteiger partial charge in [0.25, 0.3) is 0 Å². The Kier molecular flexibility index (Phi) is 5.26. The molecule has 0 spiro atoms. The Labute approximate surface area is 104 Å². The van der Waals surface area contributed by atoms with Gasteiger partial charge in [0.05, 0.1) is 6.54 Å². The SMILES string of the molecule is O=C(CN1CCCC1)NCCC1CCCOC1. The smallest absolute Gasteiger partial charge is 0.234 e. The van der Waals surface area contributed by atoms with Gasteiger partial charge in [0, 0.05) is 19.8 Å². The molecule has 2 rings (SSSR count). The van der Waals surface area contributed by atoms with Gasteiger partial charge in [-0.3, -0.25) is 9.69 Å². The van der Waals surface area contributed by atoms with Crippen LogP contribution < -0.4 is 5.32 Å². The maximum Gasteiger partial charge on any atom is 0.234 e. The van der Waals surface area contributed by atoms with Crippen LogP contribution in [0.5, 0.6) is 0 Å². The van der Waals surface area contributed by atoms with Crippen LogP contribution in [0.3, 0.4) is 0 Å². The van der Waals surface area contributed by atoms with Gasteiger partial charge in [0.1, 0.15) is 0 Å². The average molecular weight is 240 g/mol. The maximum absolute atomic E-state index is 11.7. The van der Waals surface area contributed by atoms with Crippen LogP contribution in [0.25, 0.3) is 0 Å². The minimum atomic E-state index is 0.184. The number of likely N-dealkylation sites (tertiary alicyclic amines) is 1. The van der Waals surface area contributed by atoms with E-state index in [1.165, 1.54) is 25.7 Å². The molecule has 0 bridgehead atoms. The van der Waals surface area contributed by atoms with Crippen molar-refractivity contribution in [3.63, 3.8) is 0 Å². The van der Waals surface area contributed by atoms with E-state index in [1.54, 1.807) is 0 Å². The number of ether oxygens (including phenoxy) is 1. The number of rotatable bonds is 5. The first-order valence-corrected chi connectivity index (χ1v) is 6.91. The molecule has 0 aromatic rings. The highest BCUT2D eigenvalue weighted by molar-refractivity contribution is 5.77. The van der Waals surface area contributed by atoms with Crippen molar-refractivity contribution in [1.82, 2.24) is 10.2 Å². The van der Waals surface area contributed by atoms with Gasteiger partial charge in [-0.15, -0.1) is 0 Å². The first-order valence-electron chi connectivity index (χ1n) is 6.91. The highest BCUT2D eigenvalue weighted by Crippen LogP contribution is 2.16. The molecule has 17 heavy (non-hydrogen) atoms. The van der Waals surface area contributed by atoms with E-state index in [9.17, 15) is 4.79 Å². The third kappa shape index (κ3) is 4.64. The Bertz CT molecular complexity index is 234. The molecule has 98 valence electrons. The highest BCUT2D eigenvalue weighted by atomic mass is 16.5. The van der Waals surface area contributed by atoms with Gasteiger partial charge in [0.15, 0.2) is 0 Å². The maximum atomic E-state index is 11.7. The summed E-state index contributed by atoms with van der Waals surface area (Å²) in [7, 11) is 0. The molecule has 0 aliphatic carbocycles. The van der Waals surface area contributed by atoms with Crippen molar-refractivity contribution in [1.29, 1.82) is 0 Å². The van der Waals surface area contributed by atoms with E-state index in [-0.39, 0.29) is 5.91 Å². The molecule has 1 atom stereocenters. The van der Waals surface area contributed by atoms with E-state index in [0.717, 1.165) is 39.3 Å². The molecule has 2 fully saturated rings. The van der Waals surface area contributed by atoms with Crippen LogP contribution in [0.1, 0.15) is 32.1 Å². The number of hydrogen-bond acceptors (Lipinski definition) is 3. The molecule has 2 heterocycles. The van der Waals surface area contributed by atoms with Crippen LogP contribution in [-0.2, 0) is 9.53 Å². The van der Waals surface area contributed by atoms with E-state index in [1.807, 2.05) is 0 Å². The summed E-state index contributed by atoms with van der Waals surface area (Å²) < 4.78 is 5.43. The van der Waals surface area contributed by atoms with Crippen LogP contribution in [0.4, 0.5) is 0 Å². The number of amides is 1. The lowest BCUT2D eigenvalue weighted by Crippen LogP contribution is -2.36. The molecule has 0 aromatic heterocycles. The summed E-state index contributed by atoms with van der Waals surface area (Å²) in [6.07, 6.45) is 5.97. The lowest BCUT2D eigenvalue weighted by molar-refractivity contribution is -0.122. The summed E-state index contributed by atoms with van der Waals surface area (Å²) >= 11 is 0. The van der Waals surface area contributed by atoms with Gasteiger partial charge in [-0.1, -0.05) is 0 Å². The molecule has 2 saturated heterocycles. The van der Waals surface area contributed by atoms with Crippen molar-refractivity contribution in [2.45, 2.75) is 32.1 Å². The summed E-state index contributed by atoms with van der Waals surface area (Å²) in [6.45, 7) is 5.36. The number of carbonyl (C=O) groups excluding carboxylic acids is 1. The first-order chi connectivity index (χ1) is 8.34. The second kappa shape index (κ2) is 6.97. The number of nitrogens with one attached hydrogen (secondary N) is 1. The number of hydrogen-bond donors (Lipinski definition) is 1. The standard InChI is InChI=1S/C13H24N2O2/c16-13(10-15-7-1-2-8-15)14-6-5-12-4-3-9-17-11-12/h12H,1-11H2,(H,14,16). The second-order valence-electron chi connectivity index (χ2n) is 5.21. The molecule has 1 unspecified atom stereocenters. The van der Waals surface area contributed by atoms with Gasteiger partial charge < -0.3 is 10.1 Å². The van der Waals surface area contributed by atoms with Gasteiger partial charge in [0.2, 0.25) is 5.91 Å². The summed E-state index contributed by atoms with van der Waals surface area (Å²) in [5.74, 6) is 0.833. The molecule has 1 N–H and O–H groups in total. The first kappa shape index (κ1) is 12.8. The monoisotopic (exact) mass is 240 g/mol. The number of nitrogens with zero attached hydrogens (tertiary/aromatic N) is 1. The molecule has 4 nitrogen and oxygen atoms in total. The largest absolute Gasteiger partial charge is 0.381 e. The topological polar surface area (TPSA) is 41.6 Å². The van der Waals surface area contributed by atoms with Crippen LogP contribution in [0.15, 0.2) is 0 Å². The van der Waals surface area contributed by atoms with Gasteiger partial charge in [-0.05, 0) is 51.1 Å². The predicted molar refractivity (Wildman–Crippen MR) is 66.8 cm³/mol. The van der Waals surface area contributed by atoms with Gasteiger partial charge >= 0.3 is 0 Å². The third-order valence-electron chi connectivity index (χ3n) is 3.70. The molecule has 2 aliphatic heterocycles. The van der Waals surface area contributed by atoms with E-state index in [2.05, 4.69) is 10.2 Å². The summed E-state index contributed by atoms with van der Waals surface area (Å²) in [4.78, 5) is 13.9. The Morgan fingerprint density at radius 3 is 2.82 bits per heavy atom. The average Bonchev–Trinajstić information content (AvgIpc) is 2.83. The minimum absolute atomic E-state index is 0.184. The fraction of sp³-hybridized carbons (Fsp3) is 0.923. The van der Waals surface area contributed by atoms with Crippen LogP contribution in [0, 0.1) is 5.92 Å². The van der Waals surface area contributed by atoms with E-state index < -0.39 is 0 Å². The predicted octanol–water partition coefficient (Wildman–Crippen LogP) is 1.02.